The van der Waals surface area contributed by atoms with Gasteiger partial charge in [0.25, 0.3) is 0 Å². The van der Waals surface area contributed by atoms with E-state index in [9.17, 15) is 4.79 Å². The number of pyridine rings is 2. The van der Waals surface area contributed by atoms with E-state index in [-0.39, 0.29) is 0 Å². The number of aromatic nitrogens is 2. The lowest BCUT2D eigenvalue weighted by Crippen LogP contribution is -2.11. The lowest BCUT2D eigenvalue weighted by molar-refractivity contribution is 0.187. The quantitative estimate of drug-likeness (QED) is 0.906. The monoisotopic (exact) mass is 268 g/mol. The van der Waals surface area contributed by atoms with Crippen LogP contribution in [0.5, 0.6) is 0 Å². The second-order valence-electron chi connectivity index (χ2n) is 4.28. The van der Waals surface area contributed by atoms with Gasteiger partial charge in [-0.15, -0.1) is 0 Å². The predicted molar refractivity (Wildman–Crippen MR) is 74.8 cm³/mol. The van der Waals surface area contributed by atoms with E-state index in [1.165, 1.54) is 7.11 Å². The Balaban J connectivity index is 1.92. The van der Waals surface area contributed by atoms with Gasteiger partial charge in [0.1, 0.15) is 5.82 Å². The first-order chi connectivity index (χ1) is 9.76. The molecule has 0 unspecified atom stereocenters. The van der Waals surface area contributed by atoms with Crippen LogP contribution in [0.2, 0.25) is 0 Å². The van der Waals surface area contributed by atoms with Gasteiger partial charge in [0.2, 0.25) is 0 Å². The molecule has 100 valence electrons. The molecule has 0 radical (unpaired) electrons. The molecule has 1 amide bonds. The van der Waals surface area contributed by atoms with E-state index in [4.69, 9.17) is 0 Å². The number of carbonyl (C=O) groups is 1. The number of carbonyl (C=O) groups excluding carboxylic acids is 1. The van der Waals surface area contributed by atoms with E-state index in [2.05, 4.69) is 25.0 Å². The highest BCUT2D eigenvalue weighted by molar-refractivity contribution is 5.87. The molecule has 6 nitrogen and oxygen atoms in total. The molecule has 3 rings (SSSR count). The maximum atomic E-state index is 11.2. The Morgan fingerprint density at radius 2 is 2.20 bits per heavy atom. The number of hydrogen-bond acceptors (Lipinski definition) is 5. The minimum atomic E-state index is -0.547. The van der Waals surface area contributed by atoms with Crippen molar-refractivity contribution in [2.75, 3.05) is 12.4 Å². The second kappa shape index (κ2) is 5.08. The SMILES string of the molecule is COC(=O)Nc1cc(-c2cnc3c(c2)C=NC3)ccn1. The van der Waals surface area contributed by atoms with Crippen LogP contribution in [0.15, 0.2) is 35.6 Å². The van der Waals surface area contributed by atoms with Gasteiger partial charge in [-0.05, 0) is 23.8 Å². The summed E-state index contributed by atoms with van der Waals surface area (Å²) in [6.07, 6.45) is 4.70. The van der Waals surface area contributed by atoms with E-state index in [1.54, 1.807) is 18.5 Å². The summed E-state index contributed by atoms with van der Waals surface area (Å²) in [6, 6.07) is 5.65. The molecule has 3 heterocycles. The van der Waals surface area contributed by atoms with Crippen LogP contribution in [-0.4, -0.2) is 29.4 Å². The maximum Gasteiger partial charge on any atom is 0.412 e. The van der Waals surface area contributed by atoms with Gasteiger partial charge >= 0.3 is 6.09 Å². The van der Waals surface area contributed by atoms with Crippen LogP contribution in [0.1, 0.15) is 11.3 Å². The zero-order valence-electron chi connectivity index (χ0n) is 10.8. The fourth-order valence-electron chi connectivity index (χ4n) is 1.98. The minimum Gasteiger partial charge on any atom is -0.453 e. The topological polar surface area (TPSA) is 76.5 Å². The molecule has 0 aliphatic carbocycles. The molecule has 1 aliphatic rings. The standard InChI is InChI=1S/C14H12N4O2/c1-20-14(19)18-13-5-9(2-3-16-13)10-4-11-6-15-8-12(11)17-7-10/h2-7H,8H2,1H3,(H,16,18,19). The number of nitrogens with one attached hydrogen (secondary N) is 1. The van der Waals surface area contributed by atoms with Crippen molar-refractivity contribution in [3.05, 3.63) is 41.9 Å². The normalized spacial score (nSPS) is 12.1. The van der Waals surface area contributed by atoms with Crippen molar-refractivity contribution in [1.29, 1.82) is 0 Å². The van der Waals surface area contributed by atoms with Crippen molar-refractivity contribution < 1.29 is 9.53 Å². The Morgan fingerprint density at radius 1 is 1.30 bits per heavy atom. The molecule has 0 atom stereocenters. The molecule has 0 bridgehead atoms. The number of nitrogens with zero attached hydrogens (tertiary/aromatic N) is 3. The van der Waals surface area contributed by atoms with Crippen LogP contribution in [-0.2, 0) is 11.3 Å². The number of hydrogen-bond donors (Lipinski definition) is 1. The Hall–Kier alpha value is -2.76. The minimum absolute atomic E-state index is 0.434. The molecule has 0 fully saturated rings. The van der Waals surface area contributed by atoms with Crippen molar-refractivity contribution in [2.24, 2.45) is 4.99 Å². The van der Waals surface area contributed by atoms with Gasteiger partial charge in [-0.25, -0.2) is 9.78 Å². The van der Waals surface area contributed by atoms with Gasteiger partial charge in [-0.3, -0.25) is 15.3 Å². The first-order valence-corrected chi connectivity index (χ1v) is 6.06. The molecular formula is C14H12N4O2. The zero-order chi connectivity index (χ0) is 13.9. The largest absolute Gasteiger partial charge is 0.453 e. The number of ether oxygens (including phenoxy) is 1. The molecule has 0 saturated heterocycles. The number of anilines is 1. The van der Waals surface area contributed by atoms with E-state index < -0.39 is 6.09 Å². The zero-order valence-corrected chi connectivity index (χ0v) is 10.8. The van der Waals surface area contributed by atoms with Crippen LogP contribution < -0.4 is 5.32 Å². The van der Waals surface area contributed by atoms with Crippen LogP contribution in [0.4, 0.5) is 10.6 Å². The van der Waals surface area contributed by atoms with E-state index in [0.29, 0.717) is 12.4 Å². The third-order valence-corrected chi connectivity index (χ3v) is 2.98. The van der Waals surface area contributed by atoms with Crippen molar-refractivity contribution in [3.63, 3.8) is 0 Å². The van der Waals surface area contributed by atoms with Gasteiger partial charge < -0.3 is 4.74 Å². The summed E-state index contributed by atoms with van der Waals surface area (Å²) in [7, 11) is 1.31. The number of aliphatic imine (C=N–C) groups is 1. The van der Waals surface area contributed by atoms with Gasteiger partial charge in [0.15, 0.2) is 0 Å². The average molecular weight is 268 g/mol. The molecule has 0 aromatic carbocycles. The van der Waals surface area contributed by atoms with Crippen LogP contribution in [0, 0.1) is 0 Å². The van der Waals surface area contributed by atoms with E-state index >= 15 is 0 Å². The highest BCUT2D eigenvalue weighted by Crippen LogP contribution is 2.24. The average Bonchev–Trinajstić information content (AvgIpc) is 2.94. The molecule has 1 aliphatic heterocycles. The summed E-state index contributed by atoms with van der Waals surface area (Å²) >= 11 is 0. The van der Waals surface area contributed by atoms with E-state index in [1.807, 2.05) is 18.3 Å². The lowest BCUT2D eigenvalue weighted by atomic mass is 10.1. The second-order valence-corrected chi connectivity index (χ2v) is 4.28. The van der Waals surface area contributed by atoms with Crippen molar-refractivity contribution in [3.8, 4) is 11.1 Å². The summed E-state index contributed by atoms with van der Waals surface area (Å²) in [5, 5.41) is 2.54. The van der Waals surface area contributed by atoms with Crippen LogP contribution in [0.3, 0.4) is 0 Å². The summed E-state index contributed by atoms with van der Waals surface area (Å²) in [5.41, 5.74) is 3.88. The molecule has 1 N–H and O–H groups in total. The first kappa shape index (κ1) is 12.3. The van der Waals surface area contributed by atoms with Gasteiger partial charge in [-0.1, -0.05) is 0 Å². The summed E-state index contributed by atoms with van der Waals surface area (Å²) < 4.78 is 4.54. The highest BCUT2D eigenvalue weighted by Gasteiger charge is 2.10. The lowest BCUT2D eigenvalue weighted by Gasteiger charge is -2.06. The van der Waals surface area contributed by atoms with Gasteiger partial charge in [0, 0.05) is 29.7 Å². The maximum absolute atomic E-state index is 11.2. The van der Waals surface area contributed by atoms with Crippen molar-refractivity contribution in [2.45, 2.75) is 6.54 Å². The molecule has 20 heavy (non-hydrogen) atoms. The Bertz CT molecular complexity index is 697. The molecule has 6 heteroatoms. The Labute approximate surface area is 115 Å². The molecule has 0 spiro atoms. The fourth-order valence-corrected chi connectivity index (χ4v) is 1.98. The Morgan fingerprint density at radius 3 is 3.05 bits per heavy atom. The number of amides is 1. The van der Waals surface area contributed by atoms with E-state index in [0.717, 1.165) is 22.4 Å². The van der Waals surface area contributed by atoms with Gasteiger partial charge in [0.05, 0.1) is 19.3 Å². The Kier molecular flexibility index (Phi) is 3.12. The molecule has 2 aromatic rings. The third-order valence-electron chi connectivity index (χ3n) is 2.98. The van der Waals surface area contributed by atoms with Gasteiger partial charge in [-0.2, -0.15) is 0 Å². The number of rotatable bonds is 2. The summed E-state index contributed by atoms with van der Waals surface area (Å²) in [4.78, 5) is 23.8. The third kappa shape index (κ3) is 2.35. The highest BCUT2D eigenvalue weighted by atomic mass is 16.5. The first-order valence-electron chi connectivity index (χ1n) is 6.06. The van der Waals surface area contributed by atoms with Crippen LogP contribution in [0.25, 0.3) is 11.1 Å². The number of fused-ring (bicyclic) bond motifs is 1. The van der Waals surface area contributed by atoms with Crippen molar-refractivity contribution in [1.82, 2.24) is 9.97 Å². The predicted octanol–water partition coefficient (Wildman–Crippen LogP) is 2.25. The van der Waals surface area contributed by atoms with Crippen molar-refractivity contribution >= 4 is 18.1 Å². The fraction of sp³-hybridized carbons (Fsp3) is 0.143. The summed E-state index contributed by atoms with van der Waals surface area (Å²) in [6.45, 7) is 0.640. The molecular weight excluding hydrogens is 256 g/mol. The summed E-state index contributed by atoms with van der Waals surface area (Å²) in [5.74, 6) is 0.434. The molecule has 0 saturated carbocycles. The number of methoxy groups -OCH3 is 1. The smallest absolute Gasteiger partial charge is 0.412 e. The van der Waals surface area contributed by atoms with Crippen LogP contribution >= 0.6 is 0 Å². The molecule has 2 aromatic heterocycles.